The molecule has 0 aliphatic rings. The quantitative estimate of drug-likeness (QED) is 0.470. The number of carbonyl (C=O) groups is 2. The molecule has 0 unspecified atom stereocenters. The van der Waals surface area contributed by atoms with Crippen molar-refractivity contribution in [2.45, 2.75) is 6.92 Å². The summed E-state index contributed by atoms with van der Waals surface area (Å²) < 4.78 is 26.2. The van der Waals surface area contributed by atoms with Crippen LogP contribution in [0.4, 0.5) is 5.69 Å². The molecule has 2 aromatic carbocycles. The van der Waals surface area contributed by atoms with Gasteiger partial charge in [0.25, 0.3) is 5.91 Å². The van der Waals surface area contributed by atoms with Crippen molar-refractivity contribution in [2.24, 2.45) is 0 Å². The monoisotopic (exact) mass is 415 g/mol. The Morgan fingerprint density at radius 3 is 2.23 bits per heavy atom. The van der Waals surface area contributed by atoms with Crippen LogP contribution in [-0.2, 0) is 14.3 Å². The molecule has 2 rings (SSSR count). The first-order valence-electron chi connectivity index (χ1n) is 9.18. The summed E-state index contributed by atoms with van der Waals surface area (Å²) in [5, 5.41) is 2.66. The van der Waals surface area contributed by atoms with E-state index >= 15 is 0 Å². The lowest BCUT2D eigenvalue weighted by atomic mass is 10.1. The minimum Gasteiger partial charge on any atom is -0.493 e. The van der Waals surface area contributed by atoms with Crippen LogP contribution in [0.2, 0.25) is 0 Å². The minimum atomic E-state index is -0.669. The third-order valence-electron chi connectivity index (χ3n) is 3.91. The molecule has 0 aliphatic heterocycles. The summed E-state index contributed by atoms with van der Waals surface area (Å²) in [5.74, 6) is 0.758. The highest BCUT2D eigenvalue weighted by Crippen LogP contribution is 2.38. The van der Waals surface area contributed by atoms with E-state index < -0.39 is 18.5 Å². The molecule has 0 saturated heterocycles. The molecule has 0 saturated carbocycles. The van der Waals surface area contributed by atoms with Gasteiger partial charge in [0.2, 0.25) is 5.75 Å². The van der Waals surface area contributed by atoms with E-state index in [1.165, 1.54) is 33.5 Å². The number of para-hydroxylation sites is 2. The number of methoxy groups -OCH3 is 3. The Hall–Kier alpha value is -3.68. The zero-order chi connectivity index (χ0) is 21.9. The SMILES string of the molecule is CCOc1ccccc1NC(=O)COC(=O)/C=C/c1cc(OC)c(OC)c(OC)c1. The zero-order valence-electron chi connectivity index (χ0n) is 17.4. The fourth-order valence-corrected chi connectivity index (χ4v) is 2.58. The molecule has 0 bridgehead atoms. The number of carbonyl (C=O) groups excluding carboxylic acids is 2. The van der Waals surface area contributed by atoms with E-state index in [0.29, 0.717) is 40.9 Å². The molecule has 0 radical (unpaired) electrons. The topological polar surface area (TPSA) is 92.3 Å². The zero-order valence-corrected chi connectivity index (χ0v) is 17.4. The van der Waals surface area contributed by atoms with E-state index in [2.05, 4.69) is 5.32 Å². The van der Waals surface area contributed by atoms with E-state index in [1.807, 2.05) is 6.92 Å². The van der Waals surface area contributed by atoms with Crippen molar-refractivity contribution in [1.29, 1.82) is 0 Å². The maximum Gasteiger partial charge on any atom is 0.331 e. The van der Waals surface area contributed by atoms with Crippen molar-refractivity contribution in [3.05, 3.63) is 48.0 Å². The summed E-state index contributed by atoms with van der Waals surface area (Å²) in [6.07, 6.45) is 2.73. The number of esters is 1. The Kier molecular flexibility index (Phi) is 8.56. The largest absolute Gasteiger partial charge is 0.493 e. The molecule has 1 N–H and O–H groups in total. The lowest BCUT2D eigenvalue weighted by molar-refractivity contribution is -0.142. The van der Waals surface area contributed by atoms with Crippen molar-refractivity contribution >= 4 is 23.6 Å². The Balaban J connectivity index is 1.96. The number of hydrogen-bond donors (Lipinski definition) is 1. The van der Waals surface area contributed by atoms with Crippen LogP contribution in [0.25, 0.3) is 6.08 Å². The fraction of sp³-hybridized carbons (Fsp3) is 0.273. The Labute approximate surface area is 175 Å². The Morgan fingerprint density at radius 1 is 0.967 bits per heavy atom. The van der Waals surface area contributed by atoms with Gasteiger partial charge in [-0.2, -0.15) is 0 Å². The van der Waals surface area contributed by atoms with Crippen LogP contribution in [-0.4, -0.2) is 46.4 Å². The predicted octanol–water partition coefficient (Wildman–Crippen LogP) is 3.31. The summed E-state index contributed by atoms with van der Waals surface area (Å²) in [7, 11) is 4.51. The van der Waals surface area contributed by atoms with Crippen LogP contribution < -0.4 is 24.3 Å². The number of ether oxygens (including phenoxy) is 5. The second-order valence-corrected chi connectivity index (χ2v) is 5.88. The molecule has 0 atom stereocenters. The smallest absolute Gasteiger partial charge is 0.331 e. The second-order valence-electron chi connectivity index (χ2n) is 5.88. The molecule has 8 nitrogen and oxygen atoms in total. The van der Waals surface area contributed by atoms with Crippen molar-refractivity contribution < 1.29 is 33.3 Å². The van der Waals surface area contributed by atoms with Crippen molar-refractivity contribution in [2.75, 3.05) is 39.9 Å². The van der Waals surface area contributed by atoms with Crippen LogP contribution in [0.3, 0.4) is 0 Å². The number of nitrogens with one attached hydrogen (secondary N) is 1. The highest BCUT2D eigenvalue weighted by molar-refractivity contribution is 5.95. The number of benzene rings is 2. The Bertz CT molecular complexity index is 883. The van der Waals surface area contributed by atoms with E-state index in [4.69, 9.17) is 23.7 Å². The molecular weight excluding hydrogens is 390 g/mol. The lowest BCUT2D eigenvalue weighted by Gasteiger charge is -2.12. The summed E-state index contributed by atoms with van der Waals surface area (Å²) >= 11 is 0. The first-order valence-corrected chi connectivity index (χ1v) is 9.18. The number of rotatable bonds is 10. The molecule has 2 aromatic rings. The van der Waals surface area contributed by atoms with Gasteiger partial charge < -0.3 is 29.0 Å². The summed E-state index contributed by atoms with van der Waals surface area (Å²) in [6.45, 7) is 1.88. The third-order valence-corrected chi connectivity index (χ3v) is 3.91. The van der Waals surface area contributed by atoms with Gasteiger partial charge >= 0.3 is 5.97 Å². The average molecular weight is 415 g/mol. The highest BCUT2D eigenvalue weighted by Gasteiger charge is 2.13. The van der Waals surface area contributed by atoms with Gasteiger partial charge in [-0.25, -0.2) is 4.79 Å². The molecule has 30 heavy (non-hydrogen) atoms. The minimum absolute atomic E-state index is 0.432. The lowest BCUT2D eigenvalue weighted by Crippen LogP contribution is -2.20. The van der Waals surface area contributed by atoms with E-state index in [1.54, 1.807) is 36.4 Å². The molecule has 0 aliphatic carbocycles. The molecule has 1 amide bonds. The van der Waals surface area contributed by atoms with E-state index in [0.717, 1.165) is 0 Å². The first-order chi connectivity index (χ1) is 14.5. The number of hydrogen-bond acceptors (Lipinski definition) is 7. The summed E-state index contributed by atoms with van der Waals surface area (Å²) in [4.78, 5) is 24.0. The average Bonchev–Trinajstić information content (AvgIpc) is 2.76. The van der Waals surface area contributed by atoms with E-state index in [-0.39, 0.29) is 0 Å². The summed E-state index contributed by atoms with van der Waals surface area (Å²) in [5.41, 5.74) is 1.14. The van der Waals surface area contributed by atoms with Gasteiger partial charge in [-0.1, -0.05) is 12.1 Å². The van der Waals surface area contributed by atoms with Gasteiger partial charge in [-0.3, -0.25) is 4.79 Å². The van der Waals surface area contributed by atoms with Crippen LogP contribution in [0, 0.1) is 0 Å². The fourth-order valence-electron chi connectivity index (χ4n) is 2.58. The van der Waals surface area contributed by atoms with Gasteiger partial charge in [0, 0.05) is 6.08 Å². The molecule has 0 spiro atoms. The number of amides is 1. The highest BCUT2D eigenvalue weighted by atomic mass is 16.5. The van der Waals surface area contributed by atoms with Gasteiger partial charge in [0.05, 0.1) is 33.6 Å². The summed E-state index contributed by atoms with van der Waals surface area (Å²) in [6, 6.07) is 10.4. The van der Waals surface area contributed by atoms with Crippen LogP contribution >= 0.6 is 0 Å². The van der Waals surface area contributed by atoms with Gasteiger partial charge in [0.15, 0.2) is 18.1 Å². The molecule has 8 heteroatoms. The van der Waals surface area contributed by atoms with Gasteiger partial charge in [-0.15, -0.1) is 0 Å². The van der Waals surface area contributed by atoms with Crippen LogP contribution in [0.1, 0.15) is 12.5 Å². The Morgan fingerprint density at radius 2 is 1.63 bits per heavy atom. The van der Waals surface area contributed by atoms with Crippen molar-refractivity contribution in [3.8, 4) is 23.0 Å². The third kappa shape index (κ3) is 6.16. The van der Waals surface area contributed by atoms with Crippen molar-refractivity contribution in [1.82, 2.24) is 0 Å². The van der Waals surface area contributed by atoms with Gasteiger partial charge in [-0.05, 0) is 42.8 Å². The molecule has 0 fully saturated rings. The normalized spacial score (nSPS) is 10.4. The van der Waals surface area contributed by atoms with Crippen LogP contribution in [0.15, 0.2) is 42.5 Å². The maximum atomic E-state index is 12.1. The maximum absolute atomic E-state index is 12.1. The predicted molar refractivity (Wildman–Crippen MR) is 112 cm³/mol. The molecule has 160 valence electrons. The van der Waals surface area contributed by atoms with E-state index in [9.17, 15) is 9.59 Å². The standard InChI is InChI=1S/C22H25NO7/c1-5-29-17-9-7-6-8-16(17)23-20(24)14-30-21(25)11-10-15-12-18(26-2)22(28-4)19(13-15)27-3/h6-13H,5,14H2,1-4H3,(H,23,24)/b11-10+. The number of anilines is 1. The van der Waals surface area contributed by atoms with Gasteiger partial charge in [0.1, 0.15) is 5.75 Å². The molecule has 0 heterocycles. The molecular formula is C22H25NO7. The van der Waals surface area contributed by atoms with Crippen LogP contribution in [0.5, 0.6) is 23.0 Å². The first kappa shape index (κ1) is 22.6. The molecule has 0 aromatic heterocycles. The second kappa shape index (κ2) is 11.4. The van der Waals surface area contributed by atoms with Crippen molar-refractivity contribution in [3.63, 3.8) is 0 Å².